The topological polar surface area (TPSA) is 99.5 Å². The fourth-order valence-corrected chi connectivity index (χ4v) is 4.52. The highest BCUT2D eigenvalue weighted by Gasteiger charge is 2.46. The van der Waals surface area contributed by atoms with Crippen LogP contribution < -0.4 is 4.74 Å². The number of morpholine rings is 1. The van der Waals surface area contributed by atoms with E-state index in [4.69, 9.17) is 9.47 Å². The van der Waals surface area contributed by atoms with E-state index in [-0.39, 0.29) is 28.7 Å². The minimum absolute atomic E-state index is 0.00398. The Labute approximate surface area is 205 Å². The van der Waals surface area contributed by atoms with Crippen LogP contribution in [0, 0.1) is 6.92 Å². The van der Waals surface area contributed by atoms with Gasteiger partial charge in [0.25, 0.3) is 11.7 Å². The van der Waals surface area contributed by atoms with Gasteiger partial charge in [-0.3, -0.25) is 14.5 Å². The summed E-state index contributed by atoms with van der Waals surface area (Å²) in [6.07, 6.45) is 0.00398. The Kier molecular flexibility index (Phi) is 7.42. The SMILES string of the molecule is Cc1ccc(O)c(C(O)=C2C(=O)C(=O)N(CCN3CCOCC3)[C@@H]2c2ccc(OC(C)C)cc2)c1. The van der Waals surface area contributed by atoms with E-state index in [1.54, 1.807) is 36.4 Å². The molecule has 4 rings (SSSR count). The van der Waals surface area contributed by atoms with Gasteiger partial charge in [0.1, 0.15) is 17.3 Å². The third kappa shape index (κ3) is 5.33. The van der Waals surface area contributed by atoms with Crippen LogP contribution in [0.5, 0.6) is 11.5 Å². The highest BCUT2D eigenvalue weighted by molar-refractivity contribution is 6.46. The normalized spacial score (nSPS) is 20.6. The highest BCUT2D eigenvalue weighted by Crippen LogP contribution is 2.41. The Morgan fingerprint density at radius 3 is 2.43 bits per heavy atom. The first kappa shape index (κ1) is 24.8. The molecule has 8 nitrogen and oxygen atoms in total. The highest BCUT2D eigenvalue weighted by atomic mass is 16.5. The van der Waals surface area contributed by atoms with Gasteiger partial charge < -0.3 is 24.6 Å². The van der Waals surface area contributed by atoms with E-state index < -0.39 is 17.7 Å². The van der Waals surface area contributed by atoms with Crippen molar-refractivity contribution in [3.63, 3.8) is 0 Å². The van der Waals surface area contributed by atoms with Crippen molar-refractivity contribution in [1.29, 1.82) is 0 Å². The fourth-order valence-electron chi connectivity index (χ4n) is 4.52. The first-order chi connectivity index (χ1) is 16.8. The number of ketones is 1. The molecule has 2 aliphatic heterocycles. The summed E-state index contributed by atoms with van der Waals surface area (Å²) >= 11 is 0. The van der Waals surface area contributed by atoms with E-state index >= 15 is 0 Å². The van der Waals surface area contributed by atoms with Crippen LogP contribution in [-0.4, -0.2) is 77.2 Å². The number of phenols is 1. The fraction of sp³-hybridized carbons (Fsp3) is 0.407. The predicted molar refractivity (Wildman–Crippen MR) is 131 cm³/mol. The molecule has 0 saturated carbocycles. The maximum atomic E-state index is 13.2. The predicted octanol–water partition coefficient (Wildman–Crippen LogP) is 3.24. The van der Waals surface area contributed by atoms with E-state index in [0.717, 1.165) is 18.7 Å². The van der Waals surface area contributed by atoms with Gasteiger partial charge in [0.05, 0.1) is 36.5 Å². The second-order valence-corrected chi connectivity index (χ2v) is 9.20. The second-order valence-electron chi connectivity index (χ2n) is 9.20. The molecule has 2 aromatic carbocycles. The average Bonchev–Trinajstić information content (AvgIpc) is 3.09. The van der Waals surface area contributed by atoms with Crippen LogP contribution in [0.15, 0.2) is 48.0 Å². The number of phenolic OH excluding ortho intramolecular Hbond substituents is 1. The summed E-state index contributed by atoms with van der Waals surface area (Å²) in [6, 6.07) is 11.2. The molecule has 0 radical (unpaired) electrons. The molecule has 2 saturated heterocycles. The van der Waals surface area contributed by atoms with Crippen molar-refractivity contribution in [2.45, 2.75) is 32.9 Å². The molecule has 2 fully saturated rings. The summed E-state index contributed by atoms with van der Waals surface area (Å²) in [5.41, 5.74) is 1.57. The van der Waals surface area contributed by atoms with Crippen LogP contribution in [0.1, 0.15) is 36.6 Å². The van der Waals surface area contributed by atoms with Gasteiger partial charge in [0, 0.05) is 26.2 Å². The molecule has 0 unspecified atom stereocenters. The number of benzene rings is 2. The van der Waals surface area contributed by atoms with Crippen LogP contribution in [0.25, 0.3) is 5.76 Å². The van der Waals surface area contributed by atoms with Crippen LogP contribution in [0.3, 0.4) is 0 Å². The molecule has 0 aromatic heterocycles. The van der Waals surface area contributed by atoms with Gasteiger partial charge in [0.15, 0.2) is 0 Å². The molecular weight excluding hydrogens is 448 g/mol. The van der Waals surface area contributed by atoms with Crippen molar-refractivity contribution < 1.29 is 29.3 Å². The number of nitrogens with zero attached hydrogens (tertiary/aromatic N) is 2. The summed E-state index contributed by atoms with van der Waals surface area (Å²) in [6.45, 7) is 9.36. The summed E-state index contributed by atoms with van der Waals surface area (Å²) in [5, 5.41) is 21.6. The monoisotopic (exact) mass is 480 g/mol. The molecule has 1 atom stereocenters. The van der Waals surface area contributed by atoms with Gasteiger partial charge >= 0.3 is 0 Å². The third-order valence-corrected chi connectivity index (χ3v) is 6.28. The third-order valence-electron chi connectivity index (χ3n) is 6.28. The quantitative estimate of drug-likeness (QED) is 0.357. The molecule has 35 heavy (non-hydrogen) atoms. The number of amides is 1. The number of aryl methyl sites for hydroxylation is 1. The molecule has 8 heteroatoms. The number of aliphatic hydroxyl groups excluding tert-OH is 1. The van der Waals surface area contributed by atoms with Crippen LogP contribution >= 0.6 is 0 Å². The zero-order valence-electron chi connectivity index (χ0n) is 20.4. The first-order valence-electron chi connectivity index (χ1n) is 11.9. The van der Waals surface area contributed by atoms with Crippen molar-refractivity contribution in [1.82, 2.24) is 9.80 Å². The number of ether oxygens (including phenoxy) is 2. The molecule has 2 heterocycles. The van der Waals surface area contributed by atoms with Gasteiger partial charge in [0.2, 0.25) is 0 Å². The van der Waals surface area contributed by atoms with Gasteiger partial charge in [-0.2, -0.15) is 0 Å². The lowest BCUT2D eigenvalue weighted by Gasteiger charge is -2.31. The van der Waals surface area contributed by atoms with Gasteiger partial charge in [-0.05, 0) is 50.6 Å². The minimum atomic E-state index is -0.788. The molecule has 0 aliphatic carbocycles. The molecule has 1 amide bonds. The zero-order chi connectivity index (χ0) is 25.1. The Balaban J connectivity index is 1.75. The number of carbonyl (C=O) groups is 2. The van der Waals surface area contributed by atoms with E-state index in [2.05, 4.69) is 4.90 Å². The van der Waals surface area contributed by atoms with Crippen molar-refractivity contribution in [2.75, 3.05) is 39.4 Å². The molecule has 0 spiro atoms. The number of likely N-dealkylation sites (tertiary alicyclic amines) is 1. The lowest BCUT2D eigenvalue weighted by molar-refractivity contribution is -0.140. The van der Waals surface area contributed by atoms with E-state index in [1.165, 1.54) is 11.0 Å². The Morgan fingerprint density at radius 2 is 1.77 bits per heavy atom. The molecule has 2 aromatic rings. The maximum absolute atomic E-state index is 13.2. The van der Waals surface area contributed by atoms with Crippen LogP contribution in [-0.2, 0) is 14.3 Å². The van der Waals surface area contributed by atoms with E-state index in [1.807, 2.05) is 20.8 Å². The van der Waals surface area contributed by atoms with Crippen molar-refractivity contribution >= 4 is 17.4 Å². The summed E-state index contributed by atoms with van der Waals surface area (Å²) < 4.78 is 11.1. The smallest absolute Gasteiger partial charge is 0.295 e. The number of Topliss-reactive ketones (excluding diaryl/α,β-unsaturated/α-hetero) is 1. The summed E-state index contributed by atoms with van der Waals surface area (Å²) in [4.78, 5) is 30.1. The number of carbonyl (C=O) groups excluding carboxylic acids is 2. The molecule has 186 valence electrons. The van der Waals surface area contributed by atoms with Crippen LogP contribution in [0.4, 0.5) is 0 Å². The molecule has 0 bridgehead atoms. The van der Waals surface area contributed by atoms with Gasteiger partial charge in [-0.1, -0.05) is 23.8 Å². The lowest BCUT2D eigenvalue weighted by Crippen LogP contribution is -2.42. The number of hydrogen-bond acceptors (Lipinski definition) is 7. The van der Waals surface area contributed by atoms with Gasteiger partial charge in [-0.25, -0.2) is 0 Å². The van der Waals surface area contributed by atoms with Gasteiger partial charge in [-0.15, -0.1) is 0 Å². The summed E-state index contributed by atoms with van der Waals surface area (Å²) in [7, 11) is 0. The molecule has 2 N–H and O–H groups in total. The lowest BCUT2D eigenvalue weighted by atomic mass is 9.94. The molecule has 2 aliphatic rings. The molecular formula is C27H32N2O6. The Hall–Kier alpha value is -3.36. The second kappa shape index (κ2) is 10.5. The standard InChI is InChI=1S/C27H32N2O6/c1-17(2)35-20-7-5-19(6-8-20)24-23(25(31)21-16-18(3)4-9-22(21)30)26(32)27(33)29(24)11-10-28-12-14-34-15-13-28/h4-9,16-17,24,30-31H,10-15H2,1-3H3/t24-/m1/s1. The minimum Gasteiger partial charge on any atom is -0.507 e. The van der Waals surface area contributed by atoms with Crippen molar-refractivity contribution in [3.05, 3.63) is 64.7 Å². The van der Waals surface area contributed by atoms with E-state index in [0.29, 0.717) is 37.6 Å². The number of aromatic hydroxyl groups is 1. The van der Waals surface area contributed by atoms with Crippen LogP contribution in [0.2, 0.25) is 0 Å². The largest absolute Gasteiger partial charge is 0.507 e. The zero-order valence-corrected chi connectivity index (χ0v) is 20.4. The van der Waals surface area contributed by atoms with Crippen molar-refractivity contribution in [3.8, 4) is 11.5 Å². The van der Waals surface area contributed by atoms with E-state index in [9.17, 15) is 19.8 Å². The average molecular weight is 481 g/mol. The number of rotatable bonds is 7. The summed E-state index contributed by atoms with van der Waals surface area (Å²) in [5.74, 6) is -1.30. The van der Waals surface area contributed by atoms with Crippen molar-refractivity contribution in [2.24, 2.45) is 0 Å². The number of hydrogen-bond donors (Lipinski definition) is 2. The Morgan fingerprint density at radius 1 is 1.09 bits per heavy atom. The Bertz CT molecular complexity index is 1120. The first-order valence-corrected chi connectivity index (χ1v) is 11.9. The maximum Gasteiger partial charge on any atom is 0.295 e. The number of aliphatic hydroxyl groups is 1.